The number of fused-ring (bicyclic) bond motifs is 1. The number of aryl methyl sites for hydroxylation is 1. The third kappa shape index (κ3) is 2.71. The second kappa shape index (κ2) is 6.11. The number of hydrogen-bond acceptors (Lipinski definition) is 3. The lowest BCUT2D eigenvalue weighted by atomic mass is 10.1. The lowest BCUT2D eigenvalue weighted by Crippen LogP contribution is -2.18. The summed E-state index contributed by atoms with van der Waals surface area (Å²) in [4.78, 5) is 28.2. The molecule has 3 rings (SSSR count). The van der Waals surface area contributed by atoms with Crippen LogP contribution in [0.5, 0.6) is 0 Å². The number of aromatic carboxylic acids is 1. The van der Waals surface area contributed by atoms with Crippen molar-refractivity contribution in [2.45, 2.75) is 13.3 Å². The first-order chi connectivity index (χ1) is 11.5. The molecule has 0 unspecified atom stereocenters. The first-order valence-electron chi connectivity index (χ1n) is 7.31. The van der Waals surface area contributed by atoms with E-state index in [1.807, 2.05) is 6.92 Å². The summed E-state index contributed by atoms with van der Waals surface area (Å²) in [6.45, 7) is 1.83. The molecular weight excluding hydrogens is 313 g/mol. The standard InChI is InChI=1S/C17H14FN3O3/c1-2-12-15(21-9-10(18)7-8-14(21)19-12)16(22)20-13-6-4-3-5-11(13)17(23)24/h3-9H,2H2,1H3,(H,20,22)(H,23,24). The molecule has 2 aromatic heterocycles. The number of amides is 1. The van der Waals surface area contributed by atoms with Crippen LogP contribution in [0, 0.1) is 5.82 Å². The number of anilines is 1. The topological polar surface area (TPSA) is 83.7 Å². The molecule has 7 heteroatoms. The third-order valence-electron chi connectivity index (χ3n) is 3.61. The van der Waals surface area contributed by atoms with Gasteiger partial charge in [0.1, 0.15) is 17.2 Å². The molecule has 1 amide bonds. The zero-order valence-electron chi connectivity index (χ0n) is 12.8. The smallest absolute Gasteiger partial charge is 0.337 e. The molecule has 0 bridgehead atoms. The molecule has 3 aromatic rings. The van der Waals surface area contributed by atoms with Crippen molar-refractivity contribution in [2.75, 3.05) is 5.32 Å². The van der Waals surface area contributed by atoms with Crippen LogP contribution in [0.15, 0.2) is 42.6 Å². The quantitative estimate of drug-likeness (QED) is 0.771. The molecule has 0 spiro atoms. The Labute approximate surface area is 136 Å². The molecule has 0 saturated heterocycles. The van der Waals surface area contributed by atoms with Crippen molar-refractivity contribution in [3.63, 3.8) is 0 Å². The number of pyridine rings is 1. The first-order valence-corrected chi connectivity index (χ1v) is 7.31. The highest BCUT2D eigenvalue weighted by Crippen LogP contribution is 2.19. The minimum Gasteiger partial charge on any atom is -0.478 e. The van der Waals surface area contributed by atoms with Crippen LogP contribution in [-0.4, -0.2) is 26.4 Å². The van der Waals surface area contributed by atoms with Gasteiger partial charge in [-0.25, -0.2) is 14.2 Å². The Morgan fingerprint density at radius 1 is 1.25 bits per heavy atom. The summed E-state index contributed by atoms with van der Waals surface area (Å²) in [6, 6.07) is 8.83. The molecule has 2 heterocycles. The van der Waals surface area contributed by atoms with Gasteiger partial charge in [-0.1, -0.05) is 19.1 Å². The summed E-state index contributed by atoms with van der Waals surface area (Å²) in [5.74, 6) is -2.19. The summed E-state index contributed by atoms with van der Waals surface area (Å²) in [5.41, 5.74) is 1.29. The van der Waals surface area contributed by atoms with Crippen molar-refractivity contribution >= 4 is 23.2 Å². The number of benzene rings is 1. The molecule has 2 N–H and O–H groups in total. The monoisotopic (exact) mass is 327 g/mol. The van der Waals surface area contributed by atoms with Gasteiger partial charge in [-0.05, 0) is 30.7 Å². The van der Waals surface area contributed by atoms with Crippen molar-refractivity contribution in [2.24, 2.45) is 0 Å². The van der Waals surface area contributed by atoms with Gasteiger partial charge in [-0.15, -0.1) is 0 Å². The fraction of sp³-hybridized carbons (Fsp3) is 0.118. The predicted octanol–water partition coefficient (Wildman–Crippen LogP) is 2.99. The highest BCUT2D eigenvalue weighted by molar-refractivity contribution is 6.07. The number of para-hydroxylation sites is 1. The molecule has 0 radical (unpaired) electrons. The largest absolute Gasteiger partial charge is 0.478 e. The normalized spacial score (nSPS) is 10.8. The minimum atomic E-state index is -1.15. The van der Waals surface area contributed by atoms with Crippen LogP contribution in [0.25, 0.3) is 5.65 Å². The van der Waals surface area contributed by atoms with Crippen molar-refractivity contribution in [3.8, 4) is 0 Å². The van der Waals surface area contributed by atoms with Crippen LogP contribution in [0.1, 0.15) is 33.5 Å². The first kappa shape index (κ1) is 15.7. The van der Waals surface area contributed by atoms with Gasteiger partial charge in [0, 0.05) is 6.20 Å². The zero-order valence-corrected chi connectivity index (χ0v) is 12.8. The Kier molecular flexibility index (Phi) is 3.99. The van der Waals surface area contributed by atoms with Crippen molar-refractivity contribution in [1.82, 2.24) is 9.38 Å². The van der Waals surface area contributed by atoms with E-state index in [2.05, 4.69) is 10.3 Å². The number of carboxylic acid groups (broad SMARTS) is 1. The molecule has 0 fully saturated rings. The van der Waals surface area contributed by atoms with E-state index in [9.17, 15) is 19.1 Å². The van der Waals surface area contributed by atoms with Gasteiger partial charge in [-0.2, -0.15) is 0 Å². The van der Waals surface area contributed by atoms with Crippen LogP contribution >= 0.6 is 0 Å². The molecule has 0 aliphatic rings. The summed E-state index contributed by atoms with van der Waals surface area (Å²) in [7, 11) is 0. The van der Waals surface area contributed by atoms with Crippen LogP contribution in [0.4, 0.5) is 10.1 Å². The summed E-state index contributed by atoms with van der Waals surface area (Å²) >= 11 is 0. The van der Waals surface area contributed by atoms with Crippen molar-refractivity contribution in [3.05, 3.63) is 65.4 Å². The van der Waals surface area contributed by atoms with E-state index >= 15 is 0 Å². The molecule has 6 nitrogen and oxygen atoms in total. The lowest BCUT2D eigenvalue weighted by molar-refractivity contribution is 0.0698. The number of imidazole rings is 1. The Balaban J connectivity index is 2.06. The highest BCUT2D eigenvalue weighted by Gasteiger charge is 2.20. The van der Waals surface area contributed by atoms with Gasteiger partial charge in [0.15, 0.2) is 0 Å². The van der Waals surface area contributed by atoms with E-state index in [0.29, 0.717) is 17.8 Å². The fourth-order valence-corrected chi connectivity index (χ4v) is 2.51. The third-order valence-corrected chi connectivity index (χ3v) is 3.61. The van der Waals surface area contributed by atoms with Gasteiger partial charge in [0.25, 0.3) is 5.91 Å². The molecule has 0 aliphatic carbocycles. The molecule has 24 heavy (non-hydrogen) atoms. The van der Waals surface area contributed by atoms with Crippen LogP contribution in [-0.2, 0) is 6.42 Å². The lowest BCUT2D eigenvalue weighted by Gasteiger charge is -2.09. The van der Waals surface area contributed by atoms with Crippen molar-refractivity contribution in [1.29, 1.82) is 0 Å². The predicted molar refractivity (Wildman–Crippen MR) is 85.9 cm³/mol. The Hall–Kier alpha value is -3.22. The van der Waals surface area contributed by atoms with Gasteiger partial charge in [0.05, 0.1) is 16.9 Å². The Bertz CT molecular complexity index is 949. The van der Waals surface area contributed by atoms with Crippen molar-refractivity contribution < 1.29 is 19.1 Å². The number of carbonyl (C=O) groups is 2. The number of carboxylic acids is 1. The second-order valence-electron chi connectivity index (χ2n) is 5.14. The van der Waals surface area contributed by atoms with Gasteiger partial charge in [0.2, 0.25) is 0 Å². The second-order valence-corrected chi connectivity index (χ2v) is 5.14. The maximum atomic E-state index is 13.5. The van der Waals surface area contributed by atoms with E-state index in [1.165, 1.54) is 34.9 Å². The highest BCUT2D eigenvalue weighted by atomic mass is 19.1. The van der Waals surface area contributed by atoms with Crippen LogP contribution < -0.4 is 5.32 Å². The average molecular weight is 327 g/mol. The molecule has 0 saturated carbocycles. The van der Waals surface area contributed by atoms with Crippen LogP contribution in [0.3, 0.4) is 0 Å². The molecule has 1 aromatic carbocycles. The van der Waals surface area contributed by atoms with Gasteiger partial charge in [-0.3, -0.25) is 9.20 Å². The molecule has 0 aliphatic heterocycles. The summed E-state index contributed by atoms with van der Waals surface area (Å²) < 4.78 is 14.9. The number of nitrogens with one attached hydrogen (secondary N) is 1. The molecule has 0 atom stereocenters. The summed E-state index contributed by atoms with van der Waals surface area (Å²) in [6.07, 6.45) is 1.66. The number of carbonyl (C=O) groups excluding carboxylic acids is 1. The number of rotatable bonds is 4. The van der Waals surface area contributed by atoms with E-state index in [0.717, 1.165) is 0 Å². The maximum absolute atomic E-state index is 13.5. The maximum Gasteiger partial charge on any atom is 0.337 e. The van der Waals surface area contributed by atoms with E-state index in [1.54, 1.807) is 12.1 Å². The average Bonchev–Trinajstić information content (AvgIpc) is 2.92. The zero-order chi connectivity index (χ0) is 17.3. The van der Waals surface area contributed by atoms with Crippen LogP contribution in [0.2, 0.25) is 0 Å². The van der Waals surface area contributed by atoms with Gasteiger partial charge >= 0.3 is 5.97 Å². The molecule has 122 valence electrons. The van der Waals surface area contributed by atoms with Gasteiger partial charge < -0.3 is 10.4 Å². The van der Waals surface area contributed by atoms with E-state index in [-0.39, 0.29) is 16.9 Å². The number of aromatic nitrogens is 2. The Morgan fingerprint density at radius 2 is 2.00 bits per heavy atom. The van der Waals surface area contributed by atoms with E-state index in [4.69, 9.17) is 0 Å². The number of nitrogens with zero attached hydrogens (tertiary/aromatic N) is 2. The fourth-order valence-electron chi connectivity index (χ4n) is 2.51. The van der Waals surface area contributed by atoms with E-state index < -0.39 is 17.7 Å². The number of halogens is 1. The summed E-state index contributed by atoms with van der Waals surface area (Å²) in [5, 5.41) is 11.8. The number of hydrogen-bond donors (Lipinski definition) is 2. The Morgan fingerprint density at radius 3 is 2.71 bits per heavy atom. The minimum absolute atomic E-state index is 0.0242. The molecular formula is C17H14FN3O3. The SMILES string of the molecule is CCc1nc2ccc(F)cn2c1C(=O)Nc1ccccc1C(=O)O.